The Morgan fingerprint density at radius 2 is 2.13 bits per heavy atom. The summed E-state index contributed by atoms with van der Waals surface area (Å²) in [7, 11) is 1.94. The van der Waals surface area contributed by atoms with Crippen LogP contribution in [0, 0.1) is 5.92 Å². The van der Waals surface area contributed by atoms with Gasteiger partial charge in [0.05, 0.1) is 29.3 Å². The summed E-state index contributed by atoms with van der Waals surface area (Å²) in [4.78, 5) is 21.3. The topological polar surface area (TPSA) is 86.9 Å². The molecule has 4 aromatic rings. The number of carbonyl (C=O) groups excluding carboxylic acids is 1. The van der Waals surface area contributed by atoms with Crippen LogP contribution in [0.15, 0.2) is 36.8 Å². The lowest BCUT2D eigenvalue weighted by molar-refractivity contribution is -0.119. The van der Waals surface area contributed by atoms with Crippen molar-refractivity contribution in [3.8, 4) is 17.1 Å². The van der Waals surface area contributed by atoms with Crippen LogP contribution >= 0.6 is 0 Å². The molecule has 2 aliphatic rings. The average Bonchev–Trinajstić information content (AvgIpc) is 3.19. The summed E-state index contributed by atoms with van der Waals surface area (Å²) >= 11 is 0. The number of hydrogen-bond acceptors (Lipinski definition) is 5. The number of amides is 1. The predicted molar refractivity (Wildman–Crippen MR) is 117 cm³/mol. The molecule has 1 saturated heterocycles. The van der Waals surface area contributed by atoms with E-state index in [9.17, 15) is 4.79 Å². The quantitative estimate of drug-likeness (QED) is 0.540. The molecule has 1 N–H and O–H groups in total. The number of hydrogen-bond donors (Lipinski definition) is 1. The third kappa shape index (κ3) is 3.13. The maximum Gasteiger partial charge on any atom is 0.241 e. The van der Waals surface area contributed by atoms with Crippen LogP contribution in [0.3, 0.4) is 0 Å². The van der Waals surface area contributed by atoms with E-state index in [1.807, 2.05) is 37.2 Å². The molecular weight excluding hydrogens is 392 g/mol. The van der Waals surface area contributed by atoms with Gasteiger partial charge in [-0.05, 0) is 31.9 Å². The van der Waals surface area contributed by atoms with Gasteiger partial charge in [0.2, 0.25) is 11.8 Å². The van der Waals surface area contributed by atoms with Crippen molar-refractivity contribution in [2.45, 2.75) is 38.3 Å². The van der Waals surface area contributed by atoms with Crippen molar-refractivity contribution in [2.75, 3.05) is 6.54 Å². The van der Waals surface area contributed by atoms with Crippen molar-refractivity contribution in [1.29, 1.82) is 0 Å². The van der Waals surface area contributed by atoms with Gasteiger partial charge in [-0.2, -0.15) is 5.10 Å². The van der Waals surface area contributed by atoms with Gasteiger partial charge in [-0.15, -0.1) is 0 Å². The first-order chi connectivity index (χ1) is 15.1. The predicted octanol–water partition coefficient (Wildman–Crippen LogP) is 3.22. The molecule has 0 radical (unpaired) electrons. The zero-order chi connectivity index (χ0) is 21.1. The first kappa shape index (κ1) is 18.4. The Morgan fingerprint density at radius 3 is 2.90 bits per heavy atom. The highest BCUT2D eigenvalue weighted by atomic mass is 16.5. The molecule has 1 saturated carbocycles. The van der Waals surface area contributed by atoms with Crippen molar-refractivity contribution in [2.24, 2.45) is 13.0 Å². The highest BCUT2D eigenvalue weighted by Gasteiger charge is 2.31. The van der Waals surface area contributed by atoms with Crippen LogP contribution < -0.4 is 10.1 Å². The molecule has 3 aromatic heterocycles. The summed E-state index contributed by atoms with van der Waals surface area (Å²) in [6.07, 6.45) is 6.42. The Kier molecular flexibility index (Phi) is 4.03. The van der Waals surface area contributed by atoms with E-state index in [0.29, 0.717) is 24.9 Å². The number of pyridine rings is 1. The Balaban J connectivity index is 1.45. The van der Waals surface area contributed by atoms with Gasteiger partial charge in [0, 0.05) is 42.9 Å². The van der Waals surface area contributed by atoms with Crippen molar-refractivity contribution >= 4 is 27.8 Å². The highest BCUT2D eigenvalue weighted by Crippen LogP contribution is 2.40. The van der Waals surface area contributed by atoms with Gasteiger partial charge in [-0.1, -0.05) is 12.1 Å². The number of nitrogens with zero attached hydrogens (tertiary/aromatic N) is 5. The van der Waals surface area contributed by atoms with Crippen LogP contribution in [0.2, 0.25) is 0 Å². The van der Waals surface area contributed by atoms with E-state index >= 15 is 0 Å². The van der Waals surface area contributed by atoms with Crippen molar-refractivity contribution in [3.05, 3.63) is 36.8 Å². The molecular formula is C23H24N6O2. The number of nitrogens with one attached hydrogen (secondary N) is 1. The lowest BCUT2D eigenvalue weighted by Gasteiger charge is -2.20. The number of aromatic nitrogens is 5. The fourth-order valence-corrected chi connectivity index (χ4v) is 4.42. The summed E-state index contributed by atoms with van der Waals surface area (Å²) in [5, 5.41) is 8.33. The summed E-state index contributed by atoms with van der Waals surface area (Å²) in [5.41, 5.74) is 4.68. The summed E-state index contributed by atoms with van der Waals surface area (Å²) < 4.78 is 10.5. The first-order valence-corrected chi connectivity index (χ1v) is 10.8. The Hall–Kier alpha value is -3.42. The second-order valence-electron chi connectivity index (χ2n) is 8.70. The summed E-state index contributed by atoms with van der Waals surface area (Å²) in [6, 6.07) is 8.72. The molecule has 1 aromatic carbocycles. The molecule has 0 unspecified atom stereocenters. The summed E-state index contributed by atoms with van der Waals surface area (Å²) in [5.74, 6) is 0.810. The van der Waals surface area contributed by atoms with Crippen LogP contribution in [0.1, 0.15) is 32.2 Å². The fourth-order valence-electron chi connectivity index (χ4n) is 4.42. The van der Waals surface area contributed by atoms with E-state index in [1.165, 1.54) is 0 Å². The van der Waals surface area contributed by atoms with Gasteiger partial charge in [0.1, 0.15) is 11.6 Å². The molecule has 2 atom stereocenters. The molecule has 1 aliphatic carbocycles. The van der Waals surface area contributed by atoms with Crippen LogP contribution in [-0.4, -0.2) is 42.9 Å². The molecule has 1 amide bonds. The zero-order valence-corrected chi connectivity index (χ0v) is 17.6. The number of carbonyl (C=O) groups is 1. The average molecular weight is 416 g/mol. The monoisotopic (exact) mass is 416 g/mol. The van der Waals surface area contributed by atoms with Crippen LogP contribution in [0.25, 0.3) is 33.2 Å². The Labute approximate surface area is 179 Å². The summed E-state index contributed by atoms with van der Waals surface area (Å²) in [6.45, 7) is 2.66. The lowest BCUT2D eigenvalue weighted by Crippen LogP contribution is -2.26. The molecule has 0 spiro atoms. The first-order valence-electron chi connectivity index (χ1n) is 10.8. The highest BCUT2D eigenvalue weighted by molar-refractivity contribution is 5.88. The number of fused-ring (bicyclic) bond motifs is 2. The molecule has 8 heteroatoms. The number of rotatable bonds is 5. The number of benzene rings is 1. The Bertz CT molecular complexity index is 1320. The van der Waals surface area contributed by atoms with Gasteiger partial charge >= 0.3 is 0 Å². The second kappa shape index (κ2) is 6.80. The molecule has 8 nitrogen and oxygen atoms in total. The minimum atomic E-state index is -0.132. The second-order valence-corrected chi connectivity index (χ2v) is 8.70. The van der Waals surface area contributed by atoms with Crippen LogP contribution in [-0.2, 0) is 11.8 Å². The third-order valence-corrected chi connectivity index (χ3v) is 6.48. The van der Waals surface area contributed by atoms with Crippen molar-refractivity contribution < 1.29 is 9.53 Å². The molecule has 31 heavy (non-hydrogen) atoms. The Morgan fingerprint density at radius 1 is 1.26 bits per heavy atom. The number of imidazole rings is 1. The molecule has 4 heterocycles. The van der Waals surface area contributed by atoms with Crippen LogP contribution in [0.5, 0.6) is 5.88 Å². The van der Waals surface area contributed by atoms with Gasteiger partial charge in [-0.25, -0.2) is 9.97 Å². The maximum atomic E-state index is 11.7. The third-order valence-electron chi connectivity index (χ3n) is 6.48. The molecule has 158 valence electrons. The smallest absolute Gasteiger partial charge is 0.241 e. The number of aryl methyl sites for hydroxylation is 1. The van der Waals surface area contributed by atoms with Crippen LogP contribution in [0.4, 0.5) is 0 Å². The van der Waals surface area contributed by atoms with E-state index in [1.54, 1.807) is 0 Å². The van der Waals surface area contributed by atoms with Gasteiger partial charge in [0.15, 0.2) is 0 Å². The molecule has 2 fully saturated rings. The van der Waals surface area contributed by atoms with Crippen molar-refractivity contribution in [3.63, 3.8) is 0 Å². The van der Waals surface area contributed by atoms with Gasteiger partial charge in [0.25, 0.3) is 0 Å². The van der Waals surface area contributed by atoms with E-state index in [-0.39, 0.29) is 17.9 Å². The standard InChI is InChI=1S/C23H24N6O2/c1-13(16-8-21(30)24-10-16)31-23-22-19(25-12-29(22)17-5-6-17)9-18(27-23)14-3-4-15-11-26-28(2)20(15)7-14/h3-4,7,9,11-13,16-17H,5-6,8,10H2,1-2H3,(H,24,30)/t13-,16-/m1/s1. The van der Waals surface area contributed by atoms with Gasteiger partial charge < -0.3 is 14.6 Å². The normalized spacial score (nSPS) is 19.8. The van der Waals surface area contributed by atoms with E-state index in [0.717, 1.165) is 46.0 Å². The molecule has 1 aliphatic heterocycles. The van der Waals surface area contributed by atoms with Gasteiger partial charge in [-0.3, -0.25) is 9.48 Å². The number of ether oxygens (including phenoxy) is 1. The lowest BCUT2D eigenvalue weighted by atomic mass is 10.0. The zero-order valence-electron chi connectivity index (χ0n) is 17.6. The minimum Gasteiger partial charge on any atom is -0.473 e. The van der Waals surface area contributed by atoms with E-state index in [2.05, 4.69) is 38.2 Å². The van der Waals surface area contributed by atoms with E-state index in [4.69, 9.17) is 9.72 Å². The molecule has 6 rings (SSSR count). The fraction of sp³-hybridized carbons (Fsp3) is 0.391. The minimum absolute atomic E-state index is 0.0832. The largest absolute Gasteiger partial charge is 0.473 e. The maximum absolute atomic E-state index is 11.7. The molecule has 0 bridgehead atoms. The van der Waals surface area contributed by atoms with Crippen molar-refractivity contribution in [1.82, 2.24) is 29.6 Å². The van der Waals surface area contributed by atoms with E-state index < -0.39 is 0 Å². The SMILES string of the molecule is C[C@@H](Oc1nc(-c2ccc3cnn(C)c3c2)cc2ncn(C3CC3)c12)[C@H]1CNC(=O)C1.